The van der Waals surface area contributed by atoms with Crippen LogP contribution in [0.5, 0.6) is 0 Å². The Morgan fingerprint density at radius 3 is 2.85 bits per heavy atom. The van der Waals surface area contributed by atoms with Crippen molar-refractivity contribution in [2.75, 3.05) is 18.1 Å². The lowest BCUT2D eigenvalue weighted by molar-refractivity contribution is -0.0227. The lowest BCUT2D eigenvalue weighted by Crippen LogP contribution is -2.34. The molecule has 2 aromatic rings. The number of hydrogen-bond donors (Lipinski definition) is 2. The Hall–Kier alpha value is -2.15. The topological polar surface area (TPSA) is 105 Å². The molecule has 1 heterocycles. The van der Waals surface area contributed by atoms with Crippen molar-refractivity contribution in [3.05, 3.63) is 18.2 Å². The fourth-order valence-electron chi connectivity index (χ4n) is 2.51. The summed E-state index contributed by atoms with van der Waals surface area (Å²) in [5.74, 6) is 0.683. The maximum Gasteiger partial charge on any atom is 0.184 e. The van der Waals surface area contributed by atoms with E-state index in [0.29, 0.717) is 23.3 Å². The van der Waals surface area contributed by atoms with Gasteiger partial charge in [-0.1, -0.05) is 0 Å². The normalized spacial score (nSPS) is 21.6. The van der Waals surface area contributed by atoms with E-state index in [-0.39, 0.29) is 6.04 Å². The summed E-state index contributed by atoms with van der Waals surface area (Å²) in [6.07, 6.45) is 2.17. The van der Waals surface area contributed by atoms with Crippen LogP contribution in [0, 0.1) is 0 Å². The third-order valence-electron chi connectivity index (χ3n) is 3.63. The number of nitrogens with two attached hydrogens (primary N) is 2. The van der Waals surface area contributed by atoms with Crippen molar-refractivity contribution in [2.24, 2.45) is 0 Å². The van der Waals surface area contributed by atoms with Gasteiger partial charge in [0.2, 0.25) is 0 Å². The first-order valence-electron chi connectivity index (χ1n) is 6.74. The van der Waals surface area contributed by atoms with Crippen LogP contribution in [-0.4, -0.2) is 32.9 Å². The highest BCUT2D eigenvalue weighted by Crippen LogP contribution is 2.37. The summed E-state index contributed by atoms with van der Waals surface area (Å²) in [5.41, 5.74) is 13.7. The molecule has 0 atom stereocenters. The van der Waals surface area contributed by atoms with Crippen LogP contribution in [0.3, 0.4) is 0 Å². The summed E-state index contributed by atoms with van der Waals surface area (Å²) in [5, 5.41) is 11.9. The van der Waals surface area contributed by atoms with Crippen molar-refractivity contribution in [1.29, 1.82) is 0 Å². The first-order chi connectivity index (χ1) is 9.69. The molecule has 1 saturated carbocycles. The van der Waals surface area contributed by atoms with Gasteiger partial charge in [-0.15, -0.1) is 5.10 Å². The second-order valence-electron chi connectivity index (χ2n) is 5.00. The number of rotatable bonds is 4. The molecule has 0 bridgehead atoms. The van der Waals surface area contributed by atoms with E-state index in [1.54, 1.807) is 12.1 Å². The van der Waals surface area contributed by atoms with E-state index < -0.39 is 0 Å². The molecule has 20 heavy (non-hydrogen) atoms. The van der Waals surface area contributed by atoms with Crippen LogP contribution in [0.15, 0.2) is 18.2 Å². The smallest absolute Gasteiger partial charge is 0.184 e. The highest BCUT2D eigenvalue weighted by Gasteiger charge is 2.33. The summed E-state index contributed by atoms with van der Waals surface area (Å²) in [4.78, 5) is 0. The largest absolute Gasteiger partial charge is 0.399 e. The van der Waals surface area contributed by atoms with Gasteiger partial charge >= 0.3 is 0 Å². The molecular weight excluding hydrogens is 256 g/mol. The number of tetrazole rings is 1. The molecule has 7 heteroatoms. The van der Waals surface area contributed by atoms with Crippen LogP contribution in [-0.2, 0) is 4.74 Å². The Bertz CT molecular complexity index is 605. The van der Waals surface area contributed by atoms with Gasteiger partial charge < -0.3 is 16.2 Å². The molecule has 0 saturated heterocycles. The van der Waals surface area contributed by atoms with E-state index in [0.717, 1.165) is 25.0 Å². The zero-order chi connectivity index (χ0) is 14.1. The maximum absolute atomic E-state index is 6.00. The molecule has 0 amide bonds. The first-order valence-corrected chi connectivity index (χ1v) is 6.74. The van der Waals surface area contributed by atoms with Crippen molar-refractivity contribution < 1.29 is 4.74 Å². The Kier molecular flexibility index (Phi) is 3.27. The lowest BCUT2D eigenvalue weighted by Gasteiger charge is -2.34. The summed E-state index contributed by atoms with van der Waals surface area (Å²) in [7, 11) is 0. The molecule has 1 aromatic carbocycles. The molecule has 4 N–H and O–H groups in total. The number of nitrogen functional groups attached to an aromatic ring is 2. The van der Waals surface area contributed by atoms with Crippen molar-refractivity contribution in [2.45, 2.75) is 31.9 Å². The summed E-state index contributed by atoms with van der Waals surface area (Å²) >= 11 is 0. The quantitative estimate of drug-likeness (QED) is 0.813. The van der Waals surface area contributed by atoms with Gasteiger partial charge in [-0.3, -0.25) is 0 Å². The van der Waals surface area contributed by atoms with E-state index in [1.807, 2.05) is 17.7 Å². The van der Waals surface area contributed by atoms with Crippen LogP contribution in [0.25, 0.3) is 11.4 Å². The molecule has 0 radical (unpaired) electrons. The van der Waals surface area contributed by atoms with Gasteiger partial charge in [0, 0.05) is 23.5 Å². The fraction of sp³-hybridized carbons (Fsp3) is 0.462. The number of hydrogen-bond acceptors (Lipinski definition) is 6. The second-order valence-corrected chi connectivity index (χ2v) is 5.00. The van der Waals surface area contributed by atoms with Crippen molar-refractivity contribution in [3.63, 3.8) is 0 Å². The zero-order valence-electron chi connectivity index (χ0n) is 11.4. The average Bonchev–Trinajstić information content (AvgIpc) is 2.82. The fourth-order valence-corrected chi connectivity index (χ4v) is 2.51. The number of nitrogens with zero attached hydrogens (tertiary/aromatic N) is 4. The molecule has 1 aliphatic rings. The minimum Gasteiger partial charge on any atom is -0.399 e. The standard InChI is InChI=1S/C13H18N6O/c1-2-20-10-6-9(7-10)19-13(16-17-18-19)11-4-3-8(14)5-12(11)15/h3-5,9-10H,2,6-7,14-15H2,1H3. The third-order valence-corrected chi connectivity index (χ3v) is 3.63. The van der Waals surface area contributed by atoms with Gasteiger partial charge in [0.05, 0.1) is 12.1 Å². The van der Waals surface area contributed by atoms with Crippen molar-refractivity contribution in [1.82, 2.24) is 20.2 Å². The number of aromatic nitrogens is 4. The van der Waals surface area contributed by atoms with Crippen molar-refractivity contribution >= 4 is 11.4 Å². The lowest BCUT2D eigenvalue weighted by atomic mass is 9.89. The van der Waals surface area contributed by atoms with E-state index in [1.165, 1.54) is 0 Å². The van der Waals surface area contributed by atoms with Crippen molar-refractivity contribution in [3.8, 4) is 11.4 Å². The van der Waals surface area contributed by atoms with Gasteiger partial charge in [0.15, 0.2) is 5.82 Å². The van der Waals surface area contributed by atoms with Crippen LogP contribution < -0.4 is 11.5 Å². The number of ether oxygens (including phenoxy) is 1. The van der Waals surface area contributed by atoms with Crippen LogP contribution in [0.1, 0.15) is 25.8 Å². The predicted octanol–water partition coefficient (Wildman–Crippen LogP) is 1.24. The van der Waals surface area contributed by atoms with E-state index in [9.17, 15) is 0 Å². The molecule has 0 aliphatic heterocycles. The van der Waals surface area contributed by atoms with Gasteiger partial charge in [-0.05, 0) is 48.4 Å². The highest BCUT2D eigenvalue weighted by atomic mass is 16.5. The molecular formula is C13H18N6O. The van der Waals surface area contributed by atoms with Gasteiger partial charge in [-0.25, -0.2) is 4.68 Å². The Morgan fingerprint density at radius 1 is 1.35 bits per heavy atom. The van der Waals surface area contributed by atoms with Gasteiger partial charge in [0.25, 0.3) is 0 Å². The molecule has 106 valence electrons. The predicted molar refractivity (Wildman–Crippen MR) is 75.8 cm³/mol. The zero-order valence-corrected chi connectivity index (χ0v) is 11.4. The Morgan fingerprint density at radius 2 is 2.15 bits per heavy atom. The molecule has 1 fully saturated rings. The minimum atomic E-state index is 0.272. The van der Waals surface area contributed by atoms with E-state index in [4.69, 9.17) is 16.2 Å². The Labute approximate surface area is 116 Å². The third kappa shape index (κ3) is 2.20. The maximum atomic E-state index is 6.00. The van der Waals surface area contributed by atoms with E-state index in [2.05, 4.69) is 15.5 Å². The van der Waals surface area contributed by atoms with Crippen LogP contribution >= 0.6 is 0 Å². The SMILES string of the molecule is CCOC1CC(n2nnnc2-c2ccc(N)cc2N)C1. The Balaban J connectivity index is 1.84. The summed E-state index contributed by atoms with van der Waals surface area (Å²) < 4.78 is 7.40. The summed E-state index contributed by atoms with van der Waals surface area (Å²) in [6, 6.07) is 5.64. The minimum absolute atomic E-state index is 0.272. The second kappa shape index (κ2) is 5.09. The molecule has 0 unspecified atom stereocenters. The monoisotopic (exact) mass is 274 g/mol. The van der Waals surface area contributed by atoms with Crippen LogP contribution in [0.4, 0.5) is 11.4 Å². The summed E-state index contributed by atoms with van der Waals surface area (Å²) in [6.45, 7) is 2.75. The molecule has 0 spiro atoms. The number of anilines is 2. The molecule has 1 aromatic heterocycles. The van der Waals surface area contributed by atoms with Crippen LogP contribution in [0.2, 0.25) is 0 Å². The average molecular weight is 274 g/mol. The molecule has 1 aliphatic carbocycles. The van der Waals surface area contributed by atoms with E-state index >= 15 is 0 Å². The number of benzene rings is 1. The highest BCUT2D eigenvalue weighted by molar-refractivity contribution is 5.74. The van der Waals surface area contributed by atoms with Gasteiger partial charge in [0.1, 0.15) is 0 Å². The molecule has 3 rings (SSSR count). The van der Waals surface area contributed by atoms with Gasteiger partial charge in [-0.2, -0.15) is 0 Å². The first kappa shape index (κ1) is 12.9. The molecule has 7 nitrogen and oxygen atoms in total.